The quantitative estimate of drug-likeness (QED) is 0.611. The van der Waals surface area contributed by atoms with Crippen molar-refractivity contribution in [3.63, 3.8) is 0 Å². The Kier molecular flexibility index (Phi) is 5.74. The number of nitrogens with zero attached hydrogens (tertiary/aromatic N) is 3. The highest BCUT2D eigenvalue weighted by Gasteiger charge is 2.14. The van der Waals surface area contributed by atoms with Crippen molar-refractivity contribution in [2.45, 2.75) is 0 Å². The molecule has 4 heteroatoms. The van der Waals surface area contributed by atoms with E-state index >= 15 is 0 Å². The average Bonchev–Trinajstić information content (AvgIpc) is 2.67. The lowest BCUT2D eigenvalue weighted by Gasteiger charge is -2.34. The van der Waals surface area contributed by atoms with Crippen LogP contribution in [0.25, 0.3) is 6.08 Å². The lowest BCUT2D eigenvalue weighted by molar-refractivity contribution is 0.104. The molecular weight excluding hydrogens is 322 g/mol. The fourth-order valence-electron chi connectivity index (χ4n) is 3.05. The van der Waals surface area contributed by atoms with Crippen molar-refractivity contribution >= 4 is 23.2 Å². The molecule has 1 aliphatic heterocycles. The van der Waals surface area contributed by atoms with E-state index in [-0.39, 0.29) is 5.78 Å². The summed E-state index contributed by atoms with van der Waals surface area (Å²) in [7, 11) is 6.18. The zero-order chi connectivity index (χ0) is 18.5. The summed E-state index contributed by atoms with van der Waals surface area (Å²) >= 11 is 0. The van der Waals surface area contributed by atoms with E-state index in [2.05, 4.69) is 46.0 Å². The molecule has 0 N–H and O–H groups in total. The molecule has 0 saturated carbocycles. The molecule has 4 nitrogen and oxygen atoms in total. The molecule has 0 aliphatic carbocycles. The molecule has 0 amide bonds. The predicted octanol–water partition coefficient (Wildman–Crippen LogP) is 3.40. The van der Waals surface area contributed by atoms with Crippen LogP contribution in [0.3, 0.4) is 0 Å². The van der Waals surface area contributed by atoms with Crippen molar-refractivity contribution in [1.29, 1.82) is 0 Å². The van der Waals surface area contributed by atoms with Crippen molar-refractivity contribution in [2.75, 3.05) is 57.1 Å². The van der Waals surface area contributed by atoms with Crippen LogP contribution in [0, 0.1) is 0 Å². The van der Waals surface area contributed by atoms with Gasteiger partial charge < -0.3 is 14.7 Å². The molecule has 3 rings (SSSR count). The molecule has 0 atom stereocenters. The van der Waals surface area contributed by atoms with Crippen LogP contribution in [0.15, 0.2) is 54.6 Å². The van der Waals surface area contributed by atoms with Crippen LogP contribution in [0.1, 0.15) is 15.9 Å². The Hall–Kier alpha value is -2.59. The van der Waals surface area contributed by atoms with Crippen molar-refractivity contribution in [2.24, 2.45) is 0 Å². The van der Waals surface area contributed by atoms with Crippen LogP contribution in [0.4, 0.5) is 11.4 Å². The van der Waals surface area contributed by atoms with E-state index in [0.29, 0.717) is 0 Å². The molecule has 1 saturated heterocycles. The summed E-state index contributed by atoms with van der Waals surface area (Å²) in [5, 5.41) is 0. The number of rotatable bonds is 5. The van der Waals surface area contributed by atoms with Crippen molar-refractivity contribution < 1.29 is 4.79 Å². The maximum Gasteiger partial charge on any atom is 0.185 e. The van der Waals surface area contributed by atoms with Gasteiger partial charge in [0.25, 0.3) is 0 Å². The Balaban J connectivity index is 1.62. The minimum absolute atomic E-state index is 0.0339. The lowest BCUT2D eigenvalue weighted by Crippen LogP contribution is -2.44. The van der Waals surface area contributed by atoms with Gasteiger partial charge in [-0.1, -0.05) is 18.2 Å². The van der Waals surface area contributed by atoms with Gasteiger partial charge in [-0.15, -0.1) is 0 Å². The maximum atomic E-state index is 12.4. The molecule has 2 aromatic carbocycles. The van der Waals surface area contributed by atoms with Gasteiger partial charge in [-0.3, -0.25) is 4.79 Å². The number of allylic oxidation sites excluding steroid dienone is 1. The highest BCUT2D eigenvalue weighted by Crippen LogP contribution is 2.18. The SMILES string of the molecule is CN1CCN(c2ccc(C(=O)/C=C/c3ccc(N(C)C)cc3)cc2)CC1. The van der Waals surface area contributed by atoms with Gasteiger partial charge in [0.05, 0.1) is 0 Å². The second kappa shape index (κ2) is 8.19. The normalized spacial score (nSPS) is 15.4. The van der Waals surface area contributed by atoms with Gasteiger partial charge in [-0.2, -0.15) is 0 Å². The molecule has 0 spiro atoms. The highest BCUT2D eigenvalue weighted by molar-refractivity contribution is 6.07. The van der Waals surface area contributed by atoms with E-state index in [0.717, 1.165) is 43.0 Å². The number of carbonyl (C=O) groups is 1. The molecule has 0 bridgehead atoms. The van der Waals surface area contributed by atoms with Gasteiger partial charge in [-0.25, -0.2) is 0 Å². The zero-order valence-corrected chi connectivity index (χ0v) is 15.9. The highest BCUT2D eigenvalue weighted by atomic mass is 16.1. The number of carbonyl (C=O) groups excluding carboxylic acids is 1. The number of likely N-dealkylation sites (N-methyl/N-ethyl adjacent to an activating group) is 1. The smallest absolute Gasteiger partial charge is 0.185 e. The number of anilines is 2. The number of benzene rings is 2. The molecule has 26 heavy (non-hydrogen) atoms. The standard InChI is InChI=1S/C22H27N3O/c1-23(2)20-9-4-18(5-10-20)6-13-22(26)19-7-11-21(12-8-19)25-16-14-24(3)15-17-25/h4-13H,14-17H2,1-3H3/b13-6+. The predicted molar refractivity (Wildman–Crippen MR) is 110 cm³/mol. The first kappa shape index (κ1) is 18.2. The molecule has 0 unspecified atom stereocenters. The van der Waals surface area contributed by atoms with E-state index in [1.165, 1.54) is 5.69 Å². The first-order valence-electron chi connectivity index (χ1n) is 9.06. The van der Waals surface area contributed by atoms with Gasteiger partial charge in [-0.05, 0) is 55.1 Å². The molecule has 2 aromatic rings. The van der Waals surface area contributed by atoms with Crippen LogP contribution in [0.2, 0.25) is 0 Å². The van der Waals surface area contributed by atoms with Gasteiger partial charge in [0.15, 0.2) is 5.78 Å². The number of ketones is 1. The second-order valence-electron chi connectivity index (χ2n) is 7.02. The third kappa shape index (κ3) is 4.52. The van der Waals surface area contributed by atoms with E-state index in [9.17, 15) is 4.79 Å². The Labute approximate surface area is 156 Å². The molecule has 1 aliphatic rings. The van der Waals surface area contributed by atoms with Crippen LogP contribution in [0.5, 0.6) is 0 Å². The topological polar surface area (TPSA) is 26.8 Å². The summed E-state index contributed by atoms with van der Waals surface area (Å²) in [6.45, 7) is 4.23. The summed E-state index contributed by atoms with van der Waals surface area (Å²) in [6.07, 6.45) is 3.52. The molecule has 1 fully saturated rings. The van der Waals surface area contributed by atoms with E-state index in [4.69, 9.17) is 0 Å². The van der Waals surface area contributed by atoms with E-state index in [1.54, 1.807) is 6.08 Å². The van der Waals surface area contributed by atoms with Crippen molar-refractivity contribution in [1.82, 2.24) is 4.90 Å². The first-order chi connectivity index (χ1) is 12.5. The molecule has 0 aromatic heterocycles. The number of hydrogen-bond donors (Lipinski definition) is 0. The molecular formula is C22H27N3O. The summed E-state index contributed by atoms with van der Waals surface area (Å²) in [5.74, 6) is 0.0339. The first-order valence-corrected chi connectivity index (χ1v) is 9.06. The Bertz CT molecular complexity index is 755. The zero-order valence-electron chi connectivity index (χ0n) is 15.9. The summed E-state index contributed by atoms with van der Waals surface area (Å²) < 4.78 is 0. The Morgan fingerprint density at radius 3 is 2.12 bits per heavy atom. The summed E-state index contributed by atoms with van der Waals surface area (Å²) in [5.41, 5.74) is 4.09. The van der Waals surface area contributed by atoms with E-state index in [1.807, 2.05) is 44.4 Å². The molecule has 0 radical (unpaired) electrons. The van der Waals surface area contributed by atoms with Crippen molar-refractivity contribution in [3.05, 3.63) is 65.7 Å². The molecule has 136 valence electrons. The minimum Gasteiger partial charge on any atom is -0.378 e. The third-order valence-corrected chi connectivity index (χ3v) is 4.86. The summed E-state index contributed by atoms with van der Waals surface area (Å²) in [4.78, 5) is 19.2. The third-order valence-electron chi connectivity index (χ3n) is 4.86. The minimum atomic E-state index is 0.0339. The van der Waals surface area contributed by atoms with Crippen LogP contribution < -0.4 is 9.80 Å². The number of hydrogen-bond acceptors (Lipinski definition) is 4. The summed E-state index contributed by atoms with van der Waals surface area (Å²) in [6, 6.07) is 16.1. The second-order valence-corrected chi connectivity index (χ2v) is 7.02. The van der Waals surface area contributed by atoms with Gasteiger partial charge in [0.1, 0.15) is 0 Å². The average molecular weight is 349 g/mol. The fraction of sp³-hybridized carbons (Fsp3) is 0.318. The van der Waals surface area contributed by atoms with Crippen LogP contribution in [-0.4, -0.2) is 58.0 Å². The Morgan fingerprint density at radius 1 is 0.923 bits per heavy atom. The maximum absolute atomic E-state index is 12.4. The van der Waals surface area contributed by atoms with Gasteiger partial charge in [0.2, 0.25) is 0 Å². The Morgan fingerprint density at radius 2 is 1.54 bits per heavy atom. The van der Waals surface area contributed by atoms with Crippen LogP contribution in [-0.2, 0) is 0 Å². The molecule has 1 heterocycles. The monoisotopic (exact) mass is 349 g/mol. The number of piperazine rings is 1. The largest absolute Gasteiger partial charge is 0.378 e. The van der Waals surface area contributed by atoms with Gasteiger partial charge in [0, 0.05) is 57.2 Å². The van der Waals surface area contributed by atoms with E-state index < -0.39 is 0 Å². The lowest BCUT2D eigenvalue weighted by atomic mass is 10.1. The van der Waals surface area contributed by atoms with Gasteiger partial charge >= 0.3 is 0 Å². The van der Waals surface area contributed by atoms with Crippen LogP contribution >= 0.6 is 0 Å². The van der Waals surface area contributed by atoms with Crippen molar-refractivity contribution in [3.8, 4) is 0 Å². The fourth-order valence-corrected chi connectivity index (χ4v) is 3.05.